The van der Waals surface area contributed by atoms with Crippen LogP contribution in [-0.2, 0) is 0 Å². The molecule has 0 aliphatic heterocycles. The lowest BCUT2D eigenvalue weighted by molar-refractivity contribution is 0.709. The van der Waals surface area contributed by atoms with Gasteiger partial charge in [0.15, 0.2) is 0 Å². The predicted octanol–water partition coefficient (Wildman–Crippen LogP) is 3.20. The van der Waals surface area contributed by atoms with Crippen LogP contribution in [0.5, 0.6) is 0 Å². The van der Waals surface area contributed by atoms with Crippen LogP contribution >= 0.6 is 0 Å². The quantitative estimate of drug-likeness (QED) is 0.769. The lowest BCUT2D eigenvalue weighted by atomic mass is 10.1. The summed E-state index contributed by atoms with van der Waals surface area (Å²) in [7, 11) is 0. The minimum absolute atomic E-state index is 0.909. The highest BCUT2D eigenvalue weighted by Crippen LogP contribution is 2.33. The summed E-state index contributed by atoms with van der Waals surface area (Å²) in [6.45, 7) is 6.61. The molecule has 1 aromatic carbocycles. The Hall–Kier alpha value is -1.18. The second kappa shape index (κ2) is 4.77. The average Bonchev–Trinajstić information content (AvgIpc) is 3.01. The standard InChI is InChI=1S/C14H22N2/c1-3-8-16(10-12-5-6-12)14-7-4-11(2)9-13(14)15/h4,7,9,12H,3,5-6,8,10,15H2,1-2H3. The van der Waals surface area contributed by atoms with Crippen molar-refractivity contribution in [2.45, 2.75) is 33.1 Å². The van der Waals surface area contributed by atoms with Gasteiger partial charge in [0.2, 0.25) is 0 Å². The van der Waals surface area contributed by atoms with E-state index in [0.29, 0.717) is 0 Å². The summed E-state index contributed by atoms with van der Waals surface area (Å²) >= 11 is 0. The molecule has 1 aromatic rings. The van der Waals surface area contributed by atoms with Crippen molar-refractivity contribution in [3.05, 3.63) is 23.8 Å². The van der Waals surface area contributed by atoms with Crippen LogP contribution in [0.1, 0.15) is 31.7 Å². The third-order valence-electron chi connectivity index (χ3n) is 3.19. The normalized spacial score (nSPS) is 15.1. The van der Waals surface area contributed by atoms with E-state index in [4.69, 9.17) is 5.73 Å². The van der Waals surface area contributed by atoms with Crippen molar-refractivity contribution in [2.75, 3.05) is 23.7 Å². The lowest BCUT2D eigenvalue weighted by Crippen LogP contribution is -2.27. The molecule has 0 spiro atoms. The van der Waals surface area contributed by atoms with E-state index in [-0.39, 0.29) is 0 Å². The molecule has 88 valence electrons. The first-order chi connectivity index (χ1) is 7.70. The van der Waals surface area contributed by atoms with Gasteiger partial charge in [0.1, 0.15) is 0 Å². The summed E-state index contributed by atoms with van der Waals surface area (Å²) in [5, 5.41) is 0. The fourth-order valence-electron chi connectivity index (χ4n) is 2.15. The lowest BCUT2D eigenvalue weighted by Gasteiger charge is -2.26. The molecule has 1 saturated carbocycles. The Kier molecular flexibility index (Phi) is 3.37. The van der Waals surface area contributed by atoms with Crippen molar-refractivity contribution in [2.24, 2.45) is 5.92 Å². The number of benzene rings is 1. The highest BCUT2D eigenvalue weighted by Gasteiger charge is 2.24. The number of anilines is 2. The molecule has 16 heavy (non-hydrogen) atoms. The SMILES string of the molecule is CCCN(CC1CC1)c1ccc(C)cc1N. The maximum atomic E-state index is 6.11. The molecule has 2 heteroatoms. The molecule has 2 N–H and O–H groups in total. The number of rotatable bonds is 5. The molecule has 0 aromatic heterocycles. The van der Waals surface area contributed by atoms with Crippen LogP contribution in [0, 0.1) is 12.8 Å². The highest BCUT2D eigenvalue weighted by molar-refractivity contribution is 5.68. The summed E-state index contributed by atoms with van der Waals surface area (Å²) in [5.74, 6) is 0.909. The molecule has 2 rings (SSSR count). The van der Waals surface area contributed by atoms with Gasteiger partial charge in [0.05, 0.1) is 11.4 Å². The van der Waals surface area contributed by atoms with Gasteiger partial charge in [-0.25, -0.2) is 0 Å². The van der Waals surface area contributed by atoms with Gasteiger partial charge >= 0.3 is 0 Å². The number of hydrogen-bond donors (Lipinski definition) is 1. The van der Waals surface area contributed by atoms with Crippen molar-refractivity contribution in [1.29, 1.82) is 0 Å². The van der Waals surface area contributed by atoms with Crippen LogP contribution in [0.15, 0.2) is 18.2 Å². The largest absolute Gasteiger partial charge is 0.397 e. The second-order valence-electron chi connectivity index (χ2n) is 4.95. The van der Waals surface area contributed by atoms with Gasteiger partial charge in [-0.3, -0.25) is 0 Å². The fraction of sp³-hybridized carbons (Fsp3) is 0.571. The molecule has 0 atom stereocenters. The predicted molar refractivity (Wildman–Crippen MR) is 70.8 cm³/mol. The van der Waals surface area contributed by atoms with Crippen molar-refractivity contribution in [3.8, 4) is 0 Å². The van der Waals surface area contributed by atoms with E-state index in [2.05, 4.69) is 36.9 Å². The Morgan fingerprint density at radius 3 is 2.69 bits per heavy atom. The van der Waals surface area contributed by atoms with Crippen LogP contribution in [0.25, 0.3) is 0 Å². The first kappa shape index (κ1) is 11.3. The first-order valence-electron chi connectivity index (χ1n) is 6.31. The van der Waals surface area contributed by atoms with Gasteiger partial charge in [-0.05, 0) is 49.8 Å². The molecule has 1 aliphatic carbocycles. The van der Waals surface area contributed by atoms with E-state index in [1.165, 1.54) is 37.1 Å². The Labute approximate surface area is 98.4 Å². The zero-order valence-electron chi connectivity index (χ0n) is 10.4. The van der Waals surface area contributed by atoms with E-state index < -0.39 is 0 Å². The smallest absolute Gasteiger partial charge is 0.0600 e. The minimum Gasteiger partial charge on any atom is -0.397 e. The van der Waals surface area contributed by atoms with Crippen LogP contribution in [0.4, 0.5) is 11.4 Å². The van der Waals surface area contributed by atoms with Crippen LogP contribution in [0.2, 0.25) is 0 Å². The Morgan fingerprint density at radius 2 is 2.12 bits per heavy atom. The van der Waals surface area contributed by atoms with Crippen LogP contribution in [0.3, 0.4) is 0 Å². The minimum atomic E-state index is 0.909. The summed E-state index contributed by atoms with van der Waals surface area (Å²) < 4.78 is 0. The van der Waals surface area contributed by atoms with Crippen molar-refractivity contribution < 1.29 is 0 Å². The summed E-state index contributed by atoms with van der Waals surface area (Å²) in [6, 6.07) is 6.40. The van der Waals surface area contributed by atoms with Gasteiger partial charge in [-0.1, -0.05) is 13.0 Å². The maximum Gasteiger partial charge on any atom is 0.0600 e. The van der Waals surface area contributed by atoms with E-state index in [1.54, 1.807) is 0 Å². The Balaban J connectivity index is 2.15. The maximum absolute atomic E-state index is 6.11. The molecule has 0 radical (unpaired) electrons. The number of hydrogen-bond acceptors (Lipinski definition) is 2. The average molecular weight is 218 g/mol. The monoisotopic (exact) mass is 218 g/mol. The summed E-state index contributed by atoms with van der Waals surface area (Å²) in [4.78, 5) is 2.45. The zero-order valence-corrected chi connectivity index (χ0v) is 10.4. The first-order valence-corrected chi connectivity index (χ1v) is 6.31. The van der Waals surface area contributed by atoms with Crippen LogP contribution in [-0.4, -0.2) is 13.1 Å². The van der Waals surface area contributed by atoms with Gasteiger partial charge in [0.25, 0.3) is 0 Å². The zero-order chi connectivity index (χ0) is 11.5. The molecule has 0 heterocycles. The molecule has 0 saturated heterocycles. The summed E-state index contributed by atoms with van der Waals surface area (Å²) in [6.07, 6.45) is 3.97. The Bertz CT molecular complexity index is 356. The van der Waals surface area contributed by atoms with E-state index >= 15 is 0 Å². The van der Waals surface area contributed by atoms with Gasteiger partial charge in [-0.2, -0.15) is 0 Å². The van der Waals surface area contributed by atoms with E-state index in [1.807, 2.05) is 0 Å². The summed E-state index contributed by atoms with van der Waals surface area (Å²) in [5.41, 5.74) is 9.49. The Morgan fingerprint density at radius 1 is 1.38 bits per heavy atom. The third-order valence-corrected chi connectivity index (χ3v) is 3.19. The molecule has 1 fully saturated rings. The number of nitrogens with two attached hydrogens (primary N) is 1. The van der Waals surface area contributed by atoms with Gasteiger partial charge in [0, 0.05) is 13.1 Å². The van der Waals surface area contributed by atoms with Gasteiger partial charge < -0.3 is 10.6 Å². The molecule has 0 unspecified atom stereocenters. The number of nitrogens with zero attached hydrogens (tertiary/aromatic N) is 1. The van der Waals surface area contributed by atoms with Crippen molar-refractivity contribution >= 4 is 11.4 Å². The third kappa shape index (κ3) is 2.69. The van der Waals surface area contributed by atoms with Gasteiger partial charge in [-0.15, -0.1) is 0 Å². The second-order valence-corrected chi connectivity index (χ2v) is 4.95. The van der Waals surface area contributed by atoms with Crippen molar-refractivity contribution in [1.82, 2.24) is 0 Å². The number of aryl methyl sites for hydroxylation is 1. The molecule has 1 aliphatic rings. The molecule has 0 bridgehead atoms. The fourth-order valence-corrected chi connectivity index (χ4v) is 2.15. The topological polar surface area (TPSA) is 29.3 Å². The highest BCUT2D eigenvalue weighted by atomic mass is 15.1. The molecule has 2 nitrogen and oxygen atoms in total. The molecule has 0 amide bonds. The molecular formula is C14H22N2. The van der Waals surface area contributed by atoms with Crippen LogP contribution < -0.4 is 10.6 Å². The van der Waals surface area contributed by atoms with Crippen molar-refractivity contribution in [3.63, 3.8) is 0 Å². The van der Waals surface area contributed by atoms with E-state index in [9.17, 15) is 0 Å². The number of nitrogen functional groups attached to an aromatic ring is 1. The van der Waals surface area contributed by atoms with E-state index in [0.717, 1.165) is 18.2 Å². The molecular weight excluding hydrogens is 196 g/mol.